The van der Waals surface area contributed by atoms with Crippen molar-refractivity contribution in [2.24, 2.45) is 0 Å². The van der Waals surface area contributed by atoms with E-state index in [0.29, 0.717) is 5.69 Å². The molecule has 0 saturated carbocycles. The molecule has 3 N–H and O–H groups in total. The first-order valence-corrected chi connectivity index (χ1v) is 6.82. The molecule has 0 aromatic heterocycles. The molecule has 0 spiro atoms. The predicted molar refractivity (Wildman–Crippen MR) is 79.5 cm³/mol. The van der Waals surface area contributed by atoms with Crippen molar-refractivity contribution < 1.29 is 24.7 Å². The topological polar surface area (TPSA) is 110 Å². The fourth-order valence-corrected chi connectivity index (χ4v) is 2.56. The van der Waals surface area contributed by atoms with Gasteiger partial charge in [0.25, 0.3) is 11.8 Å². The number of amides is 3. The lowest BCUT2D eigenvalue weighted by molar-refractivity contribution is -0.209. The van der Waals surface area contributed by atoms with Crippen molar-refractivity contribution >= 4 is 34.4 Å². The van der Waals surface area contributed by atoms with Crippen LogP contribution >= 0.6 is 0 Å². The molecule has 8 nitrogen and oxygen atoms in total. The van der Waals surface area contributed by atoms with Crippen LogP contribution in [0, 0.1) is 0 Å². The van der Waals surface area contributed by atoms with Gasteiger partial charge in [0, 0.05) is 11.1 Å². The molecule has 23 heavy (non-hydrogen) atoms. The molecule has 3 amide bonds. The fraction of sp³-hybridized carbons (Fsp3) is 0.133. The van der Waals surface area contributed by atoms with Crippen molar-refractivity contribution in [3.8, 4) is 0 Å². The number of carboxylic acid groups (broad SMARTS) is 1. The maximum atomic E-state index is 12.2. The number of hydroxylamine groups is 1. The van der Waals surface area contributed by atoms with Gasteiger partial charge in [0.2, 0.25) is 0 Å². The third-order valence-corrected chi connectivity index (χ3v) is 3.60. The SMILES string of the molecule is O=C(O)N(O)N1C(=O)CC(Nc2cccc3ccccc23)C1=O. The Balaban J connectivity index is 1.87. The summed E-state index contributed by atoms with van der Waals surface area (Å²) in [6.07, 6.45) is -2.05. The number of rotatable bonds is 3. The summed E-state index contributed by atoms with van der Waals surface area (Å²) in [5.74, 6) is -1.62. The number of carbonyl (C=O) groups is 3. The second kappa shape index (κ2) is 5.58. The summed E-state index contributed by atoms with van der Waals surface area (Å²) in [5.41, 5.74) is 0.649. The molecule has 1 unspecified atom stereocenters. The lowest BCUT2D eigenvalue weighted by Crippen LogP contribution is -2.48. The Hall–Kier alpha value is -3.13. The summed E-state index contributed by atoms with van der Waals surface area (Å²) in [4.78, 5) is 34.7. The number of nitrogens with zero attached hydrogens (tertiary/aromatic N) is 2. The van der Waals surface area contributed by atoms with Crippen LogP contribution in [0.3, 0.4) is 0 Å². The highest BCUT2D eigenvalue weighted by Crippen LogP contribution is 2.26. The minimum Gasteiger partial charge on any atom is -0.462 e. The van der Waals surface area contributed by atoms with Crippen molar-refractivity contribution in [2.45, 2.75) is 12.5 Å². The predicted octanol–water partition coefficient (Wildman–Crippen LogP) is 1.66. The number of anilines is 1. The summed E-state index contributed by atoms with van der Waals surface area (Å²) in [6, 6.07) is 12.0. The molecule has 2 aromatic carbocycles. The normalized spacial score (nSPS) is 17.6. The molecule has 1 heterocycles. The molecule has 1 atom stereocenters. The van der Waals surface area contributed by atoms with Gasteiger partial charge in [0.15, 0.2) is 0 Å². The number of hydrogen-bond acceptors (Lipinski definition) is 5. The molecule has 1 aliphatic rings. The molecule has 1 saturated heterocycles. The summed E-state index contributed by atoms with van der Waals surface area (Å²) < 4.78 is 0. The lowest BCUT2D eigenvalue weighted by Gasteiger charge is -2.21. The minimum atomic E-state index is -1.81. The van der Waals surface area contributed by atoms with Crippen LogP contribution in [0.25, 0.3) is 10.8 Å². The van der Waals surface area contributed by atoms with Crippen LogP contribution in [-0.4, -0.2) is 44.4 Å². The van der Waals surface area contributed by atoms with Gasteiger partial charge in [-0.1, -0.05) is 41.6 Å². The van der Waals surface area contributed by atoms with Crippen LogP contribution in [0.1, 0.15) is 6.42 Å². The Bertz CT molecular complexity index is 801. The molecular weight excluding hydrogens is 302 g/mol. The highest BCUT2D eigenvalue weighted by atomic mass is 16.6. The molecule has 8 heteroatoms. The number of fused-ring (bicyclic) bond motifs is 1. The van der Waals surface area contributed by atoms with Gasteiger partial charge in [-0.3, -0.25) is 14.8 Å². The third kappa shape index (κ3) is 2.55. The first kappa shape index (κ1) is 14.8. The van der Waals surface area contributed by atoms with E-state index >= 15 is 0 Å². The molecule has 0 radical (unpaired) electrons. The molecular formula is C15H13N3O5. The van der Waals surface area contributed by atoms with Gasteiger partial charge >= 0.3 is 6.09 Å². The largest absolute Gasteiger partial charge is 0.462 e. The number of hydrazine groups is 1. The second-order valence-corrected chi connectivity index (χ2v) is 5.04. The quantitative estimate of drug-likeness (QED) is 0.451. The van der Waals surface area contributed by atoms with Gasteiger partial charge in [0.05, 0.1) is 6.42 Å². The van der Waals surface area contributed by atoms with Gasteiger partial charge in [-0.25, -0.2) is 4.79 Å². The monoisotopic (exact) mass is 315 g/mol. The fourth-order valence-electron chi connectivity index (χ4n) is 2.56. The Labute approximate surface area is 130 Å². The van der Waals surface area contributed by atoms with E-state index in [-0.39, 0.29) is 11.4 Å². The molecule has 1 fully saturated rings. The zero-order valence-corrected chi connectivity index (χ0v) is 11.8. The zero-order valence-electron chi connectivity index (χ0n) is 11.8. The van der Waals surface area contributed by atoms with Gasteiger partial charge in [0.1, 0.15) is 6.04 Å². The van der Waals surface area contributed by atoms with Gasteiger partial charge in [-0.05, 0) is 11.5 Å². The number of carbonyl (C=O) groups excluding carboxylic acids is 2. The van der Waals surface area contributed by atoms with E-state index in [9.17, 15) is 19.6 Å². The molecule has 0 aliphatic carbocycles. The molecule has 2 aromatic rings. The van der Waals surface area contributed by atoms with E-state index in [1.165, 1.54) is 0 Å². The number of hydrogen-bond donors (Lipinski definition) is 3. The Kier molecular flexibility index (Phi) is 3.59. The number of nitrogens with one attached hydrogen (secondary N) is 1. The summed E-state index contributed by atoms with van der Waals surface area (Å²) >= 11 is 0. The number of imide groups is 1. The lowest BCUT2D eigenvalue weighted by atomic mass is 10.1. The first-order valence-electron chi connectivity index (χ1n) is 6.82. The van der Waals surface area contributed by atoms with E-state index in [1.54, 1.807) is 12.1 Å². The Morgan fingerprint density at radius 2 is 1.87 bits per heavy atom. The molecule has 3 rings (SSSR count). The average Bonchev–Trinajstić information content (AvgIpc) is 2.81. The summed E-state index contributed by atoms with van der Waals surface area (Å²) in [6.45, 7) is 0. The third-order valence-electron chi connectivity index (χ3n) is 3.60. The van der Waals surface area contributed by atoms with Crippen molar-refractivity contribution in [3.63, 3.8) is 0 Å². The standard InChI is InChI=1S/C15H13N3O5/c19-13-8-12(14(20)17(13)18(23)15(21)22)16-11-7-3-5-9-4-1-2-6-10(9)11/h1-7,12,16,23H,8H2,(H,21,22). The van der Waals surface area contributed by atoms with Crippen LogP contribution in [0.4, 0.5) is 10.5 Å². The molecule has 1 aliphatic heterocycles. The van der Waals surface area contributed by atoms with Crippen molar-refractivity contribution in [1.82, 2.24) is 10.2 Å². The van der Waals surface area contributed by atoms with E-state index in [0.717, 1.165) is 10.8 Å². The Morgan fingerprint density at radius 3 is 2.61 bits per heavy atom. The minimum absolute atomic E-state index is 0.213. The summed E-state index contributed by atoms with van der Waals surface area (Å²) in [5, 5.41) is 22.6. The van der Waals surface area contributed by atoms with Crippen LogP contribution < -0.4 is 5.32 Å². The highest BCUT2D eigenvalue weighted by molar-refractivity contribution is 6.08. The maximum Gasteiger partial charge on any atom is 0.452 e. The van der Waals surface area contributed by atoms with Crippen LogP contribution in [0.15, 0.2) is 42.5 Å². The van der Waals surface area contributed by atoms with Crippen LogP contribution in [0.2, 0.25) is 0 Å². The van der Waals surface area contributed by atoms with E-state index in [1.807, 2.05) is 30.3 Å². The highest BCUT2D eigenvalue weighted by Gasteiger charge is 2.44. The van der Waals surface area contributed by atoms with E-state index < -0.39 is 29.1 Å². The zero-order chi connectivity index (χ0) is 16.6. The Morgan fingerprint density at radius 1 is 1.17 bits per heavy atom. The maximum absolute atomic E-state index is 12.2. The smallest absolute Gasteiger partial charge is 0.452 e. The van der Waals surface area contributed by atoms with Gasteiger partial charge in [-0.15, -0.1) is 0 Å². The summed E-state index contributed by atoms with van der Waals surface area (Å²) in [7, 11) is 0. The number of benzene rings is 2. The molecule has 118 valence electrons. The van der Waals surface area contributed by atoms with Crippen LogP contribution in [-0.2, 0) is 9.59 Å². The van der Waals surface area contributed by atoms with Crippen molar-refractivity contribution in [1.29, 1.82) is 0 Å². The first-order chi connectivity index (χ1) is 11.0. The van der Waals surface area contributed by atoms with E-state index in [4.69, 9.17) is 5.11 Å². The van der Waals surface area contributed by atoms with Crippen molar-refractivity contribution in [3.05, 3.63) is 42.5 Å². The van der Waals surface area contributed by atoms with E-state index in [2.05, 4.69) is 5.32 Å². The van der Waals surface area contributed by atoms with Gasteiger partial charge < -0.3 is 10.4 Å². The van der Waals surface area contributed by atoms with Crippen LogP contribution in [0.5, 0.6) is 0 Å². The molecule has 0 bridgehead atoms. The second-order valence-electron chi connectivity index (χ2n) is 5.04. The van der Waals surface area contributed by atoms with Gasteiger partial charge in [-0.2, -0.15) is 5.01 Å². The average molecular weight is 315 g/mol. The van der Waals surface area contributed by atoms with Crippen molar-refractivity contribution in [2.75, 3.05) is 5.32 Å².